The summed E-state index contributed by atoms with van der Waals surface area (Å²) < 4.78 is 5.48. The molecule has 4 bridgehead atoms. The van der Waals surface area contributed by atoms with Crippen molar-refractivity contribution in [3.05, 3.63) is 23.2 Å². The van der Waals surface area contributed by atoms with Crippen LogP contribution in [0, 0.1) is 37.0 Å². The van der Waals surface area contributed by atoms with E-state index in [1.54, 1.807) is 0 Å². The van der Waals surface area contributed by atoms with Crippen molar-refractivity contribution in [2.24, 2.45) is 23.2 Å². The van der Waals surface area contributed by atoms with Crippen LogP contribution in [0.1, 0.15) is 68.1 Å². The summed E-state index contributed by atoms with van der Waals surface area (Å²) in [6, 6.07) is 1.89. The van der Waals surface area contributed by atoms with Crippen LogP contribution in [-0.4, -0.2) is 17.6 Å². The molecule has 0 spiro atoms. The van der Waals surface area contributed by atoms with E-state index in [1.165, 1.54) is 19.3 Å². The second-order valence-electron chi connectivity index (χ2n) is 8.63. The fraction of sp³-hybridized carbons (Fsp3) is 0.750. The zero-order valence-electron chi connectivity index (χ0n) is 14.8. The molecule has 4 nitrogen and oxygen atoms in total. The Kier molecular flexibility index (Phi) is 3.98. The number of aryl methyl sites for hydroxylation is 2. The molecule has 1 heterocycles. The van der Waals surface area contributed by atoms with Crippen LogP contribution in [-0.2, 0) is 4.79 Å². The Labute approximate surface area is 144 Å². The quantitative estimate of drug-likeness (QED) is 0.865. The van der Waals surface area contributed by atoms with E-state index < -0.39 is 6.10 Å². The Morgan fingerprint density at radius 3 is 2.33 bits per heavy atom. The number of aliphatic hydroxyl groups is 1. The summed E-state index contributed by atoms with van der Waals surface area (Å²) in [7, 11) is 0. The van der Waals surface area contributed by atoms with Gasteiger partial charge in [0.25, 0.3) is 0 Å². The van der Waals surface area contributed by atoms with Crippen molar-refractivity contribution in [1.29, 1.82) is 0 Å². The van der Waals surface area contributed by atoms with Crippen molar-refractivity contribution in [3.8, 4) is 0 Å². The zero-order valence-corrected chi connectivity index (χ0v) is 14.8. The third-order valence-corrected chi connectivity index (χ3v) is 6.66. The fourth-order valence-electron chi connectivity index (χ4n) is 6.04. The van der Waals surface area contributed by atoms with Gasteiger partial charge in [-0.25, -0.2) is 0 Å². The molecule has 2 N–H and O–H groups in total. The minimum atomic E-state index is -0.570. The minimum Gasteiger partial charge on any atom is -0.466 e. The Balaban J connectivity index is 1.33. The van der Waals surface area contributed by atoms with Gasteiger partial charge in [-0.1, -0.05) is 0 Å². The first kappa shape index (κ1) is 16.2. The molecule has 4 saturated carbocycles. The smallest absolute Gasteiger partial charge is 0.226 e. The summed E-state index contributed by atoms with van der Waals surface area (Å²) in [6.45, 7) is 4.29. The summed E-state index contributed by atoms with van der Waals surface area (Å²) in [5.74, 6) is 4.18. The standard InChI is InChI=1S/C20H29NO3/c1-12-5-17(13(2)24-12)18(22)3-4-21-19(23)20-9-14-6-15(10-20)8-16(7-14)11-20/h5,14-16,18,22H,3-4,6-11H2,1-2H3,(H,21,23). The Bertz CT molecular complexity index is 598. The van der Waals surface area contributed by atoms with Gasteiger partial charge in [-0.15, -0.1) is 0 Å². The van der Waals surface area contributed by atoms with Crippen molar-refractivity contribution >= 4 is 5.91 Å². The molecule has 1 aromatic heterocycles. The Morgan fingerprint density at radius 1 is 1.25 bits per heavy atom. The Morgan fingerprint density at radius 2 is 1.83 bits per heavy atom. The van der Waals surface area contributed by atoms with Gasteiger partial charge < -0.3 is 14.8 Å². The van der Waals surface area contributed by atoms with Crippen molar-refractivity contribution in [3.63, 3.8) is 0 Å². The number of nitrogens with one attached hydrogen (secondary N) is 1. The molecule has 5 rings (SSSR count). The summed E-state index contributed by atoms with van der Waals surface area (Å²) in [5.41, 5.74) is 0.749. The van der Waals surface area contributed by atoms with E-state index in [9.17, 15) is 9.90 Å². The molecule has 132 valence electrons. The predicted octanol–water partition coefficient (Wildman–Crippen LogP) is 3.65. The lowest BCUT2D eigenvalue weighted by molar-refractivity contribution is -0.146. The first-order valence-electron chi connectivity index (χ1n) is 9.48. The largest absolute Gasteiger partial charge is 0.466 e. The fourth-order valence-corrected chi connectivity index (χ4v) is 6.04. The maximum Gasteiger partial charge on any atom is 0.226 e. The maximum absolute atomic E-state index is 12.9. The SMILES string of the molecule is Cc1cc(C(O)CCNC(=O)C23CC4CC(CC(C4)C2)C3)c(C)o1. The third kappa shape index (κ3) is 2.79. The van der Waals surface area contributed by atoms with Gasteiger partial charge in [0, 0.05) is 17.5 Å². The van der Waals surface area contributed by atoms with E-state index in [2.05, 4.69) is 5.32 Å². The van der Waals surface area contributed by atoms with Gasteiger partial charge in [0.2, 0.25) is 5.91 Å². The van der Waals surface area contributed by atoms with E-state index in [1.807, 2.05) is 19.9 Å². The lowest BCUT2D eigenvalue weighted by Crippen LogP contribution is -2.53. The van der Waals surface area contributed by atoms with Crippen molar-refractivity contribution in [1.82, 2.24) is 5.32 Å². The average molecular weight is 331 g/mol. The second-order valence-corrected chi connectivity index (χ2v) is 8.63. The van der Waals surface area contributed by atoms with Crippen LogP contribution in [0.15, 0.2) is 10.5 Å². The predicted molar refractivity (Wildman–Crippen MR) is 91.4 cm³/mol. The molecule has 1 amide bonds. The number of aliphatic hydroxyl groups excluding tert-OH is 1. The highest BCUT2D eigenvalue weighted by atomic mass is 16.3. The van der Waals surface area contributed by atoms with Gasteiger partial charge in [0.15, 0.2) is 0 Å². The van der Waals surface area contributed by atoms with Crippen LogP contribution in [0.5, 0.6) is 0 Å². The lowest BCUT2D eigenvalue weighted by atomic mass is 9.49. The van der Waals surface area contributed by atoms with E-state index in [0.29, 0.717) is 13.0 Å². The molecule has 1 atom stereocenters. The minimum absolute atomic E-state index is 0.0954. The number of carbonyl (C=O) groups is 1. The molecule has 1 unspecified atom stereocenters. The zero-order chi connectivity index (χ0) is 16.9. The summed E-state index contributed by atoms with van der Waals surface area (Å²) in [4.78, 5) is 12.9. The molecule has 0 radical (unpaired) electrons. The van der Waals surface area contributed by atoms with Gasteiger partial charge in [-0.2, -0.15) is 0 Å². The summed E-state index contributed by atoms with van der Waals surface area (Å²) in [6.07, 6.45) is 7.30. The van der Waals surface area contributed by atoms with Gasteiger partial charge in [-0.05, 0) is 82.6 Å². The first-order valence-corrected chi connectivity index (χ1v) is 9.48. The Hall–Kier alpha value is -1.29. The van der Waals surface area contributed by atoms with Crippen molar-refractivity contribution in [2.75, 3.05) is 6.54 Å². The van der Waals surface area contributed by atoms with Crippen molar-refractivity contribution < 1.29 is 14.3 Å². The van der Waals surface area contributed by atoms with Crippen LogP contribution in [0.3, 0.4) is 0 Å². The van der Waals surface area contributed by atoms with Crippen LogP contribution >= 0.6 is 0 Å². The molecule has 0 aromatic carbocycles. The molecule has 0 saturated heterocycles. The highest BCUT2D eigenvalue weighted by Crippen LogP contribution is 2.60. The van der Waals surface area contributed by atoms with Gasteiger partial charge >= 0.3 is 0 Å². The maximum atomic E-state index is 12.9. The second kappa shape index (κ2) is 5.91. The molecule has 4 aliphatic rings. The number of hydrogen-bond donors (Lipinski definition) is 2. The van der Waals surface area contributed by atoms with Gasteiger partial charge in [-0.3, -0.25) is 4.79 Å². The van der Waals surface area contributed by atoms with E-state index in [0.717, 1.165) is 54.1 Å². The molecule has 4 fully saturated rings. The first-order chi connectivity index (χ1) is 11.4. The van der Waals surface area contributed by atoms with Crippen LogP contribution < -0.4 is 5.32 Å². The van der Waals surface area contributed by atoms with Crippen LogP contribution in [0.4, 0.5) is 0 Å². The number of amides is 1. The molecular weight excluding hydrogens is 302 g/mol. The van der Waals surface area contributed by atoms with Crippen LogP contribution in [0.2, 0.25) is 0 Å². The summed E-state index contributed by atoms with van der Waals surface area (Å²) in [5, 5.41) is 13.5. The van der Waals surface area contributed by atoms with Gasteiger partial charge in [0.05, 0.1) is 6.10 Å². The molecule has 0 aliphatic heterocycles. The highest BCUT2D eigenvalue weighted by molar-refractivity contribution is 5.83. The number of hydrogen-bond acceptors (Lipinski definition) is 3. The molecule has 24 heavy (non-hydrogen) atoms. The van der Waals surface area contributed by atoms with E-state index in [-0.39, 0.29) is 11.3 Å². The molecular formula is C20H29NO3. The monoisotopic (exact) mass is 331 g/mol. The van der Waals surface area contributed by atoms with E-state index in [4.69, 9.17) is 4.42 Å². The van der Waals surface area contributed by atoms with Crippen molar-refractivity contribution in [2.45, 2.75) is 64.9 Å². The summed E-state index contributed by atoms with van der Waals surface area (Å²) >= 11 is 0. The van der Waals surface area contributed by atoms with Crippen LogP contribution in [0.25, 0.3) is 0 Å². The molecule has 1 aromatic rings. The topological polar surface area (TPSA) is 62.5 Å². The normalized spacial score (nSPS) is 35.2. The number of rotatable bonds is 5. The van der Waals surface area contributed by atoms with E-state index >= 15 is 0 Å². The third-order valence-electron chi connectivity index (χ3n) is 6.66. The highest BCUT2D eigenvalue weighted by Gasteiger charge is 2.54. The van der Waals surface area contributed by atoms with Gasteiger partial charge in [0.1, 0.15) is 11.5 Å². The average Bonchev–Trinajstić information content (AvgIpc) is 2.84. The number of carbonyl (C=O) groups excluding carboxylic acids is 1. The number of furan rings is 1. The lowest BCUT2D eigenvalue weighted by Gasteiger charge is -2.55. The molecule has 4 heteroatoms. The molecule has 4 aliphatic carbocycles.